The fourth-order valence-corrected chi connectivity index (χ4v) is 5.69. The Hall–Kier alpha value is -3.17. The Labute approximate surface area is 193 Å². The Morgan fingerprint density at radius 1 is 1.27 bits per heavy atom. The monoisotopic (exact) mass is 467 g/mol. The van der Waals surface area contributed by atoms with E-state index in [2.05, 4.69) is 4.98 Å². The second-order valence-corrected chi connectivity index (χ2v) is 10.0. The minimum Gasteiger partial charge on any atom is -0.615 e. The lowest BCUT2D eigenvalue weighted by molar-refractivity contribution is -0.129. The number of carbonyl (C=O) groups is 2. The number of benzene rings is 2. The fraction of sp³-hybridized carbons (Fsp3) is 0.292. The van der Waals surface area contributed by atoms with Crippen molar-refractivity contribution >= 4 is 33.9 Å². The van der Waals surface area contributed by atoms with Crippen LogP contribution in [0.15, 0.2) is 36.5 Å². The number of hydrogen-bond donors (Lipinski definition) is 1. The van der Waals surface area contributed by atoms with Gasteiger partial charge in [-0.1, -0.05) is 12.1 Å². The number of nitrogens with zero attached hydrogens (tertiary/aromatic N) is 3. The summed E-state index contributed by atoms with van der Waals surface area (Å²) >= 11 is -1.04. The van der Waals surface area contributed by atoms with E-state index in [1.54, 1.807) is 30.3 Å². The van der Waals surface area contributed by atoms with Gasteiger partial charge in [-0.25, -0.2) is 4.39 Å². The third-order valence-corrected chi connectivity index (χ3v) is 7.48. The average Bonchev–Trinajstić information content (AvgIpc) is 3.36. The highest BCUT2D eigenvalue weighted by Gasteiger charge is 2.35. The summed E-state index contributed by atoms with van der Waals surface area (Å²) in [7, 11) is 1.65. The lowest BCUT2D eigenvalue weighted by Crippen LogP contribution is -2.30. The predicted octanol–water partition coefficient (Wildman–Crippen LogP) is 2.35. The highest BCUT2D eigenvalue weighted by Crippen LogP contribution is 2.40. The normalized spacial score (nSPS) is 17.8. The van der Waals surface area contributed by atoms with Gasteiger partial charge in [-0.15, -0.1) is 0 Å². The van der Waals surface area contributed by atoms with Crippen LogP contribution in [0.4, 0.5) is 4.39 Å². The molecular weight excluding hydrogens is 445 g/mol. The van der Waals surface area contributed by atoms with Gasteiger partial charge in [0.2, 0.25) is 5.91 Å². The fourth-order valence-electron chi connectivity index (χ4n) is 4.52. The van der Waals surface area contributed by atoms with Crippen LogP contribution >= 0.6 is 0 Å². The van der Waals surface area contributed by atoms with Crippen LogP contribution in [0.3, 0.4) is 0 Å². The molecule has 170 valence electrons. The van der Waals surface area contributed by atoms with Crippen molar-refractivity contribution < 1.29 is 23.6 Å². The van der Waals surface area contributed by atoms with Crippen LogP contribution in [-0.2, 0) is 35.4 Å². The summed E-state index contributed by atoms with van der Waals surface area (Å²) in [6, 6.07) is 8.07. The zero-order valence-electron chi connectivity index (χ0n) is 18.0. The number of phenolic OH excluding ortho intramolecular Hbond substituents is 1. The zero-order chi connectivity index (χ0) is 23.3. The summed E-state index contributed by atoms with van der Waals surface area (Å²) in [5.41, 5.74) is 3.48. The molecule has 1 aromatic heterocycles. The largest absolute Gasteiger partial charge is 0.615 e. The average molecular weight is 468 g/mol. The third kappa shape index (κ3) is 3.91. The van der Waals surface area contributed by atoms with Gasteiger partial charge in [0.15, 0.2) is 11.6 Å². The summed E-state index contributed by atoms with van der Waals surface area (Å²) in [6.07, 6.45) is 2.15. The van der Waals surface area contributed by atoms with Gasteiger partial charge < -0.3 is 14.6 Å². The van der Waals surface area contributed by atoms with Crippen molar-refractivity contribution in [1.82, 2.24) is 14.8 Å². The first kappa shape index (κ1) is 21.7. The summed E-state index contributed by atoms with van der Waals surface area (Å²) in [5.74, 6) is -0.290. The first-order valence-corrected chi connectivity index (χ1v) is 12.1. The number of aromatic hydroxyl groups is 1. The molecule has 1 atom stereocenters. The quantitative estimate of drug-likeness (QED) is 0.594. The van der Waals surface area contributed by atoms with E-state index in [0.717, 1.165) is 11.1 Å². The standard InChI is InChI=1S/C24H22FN3O4S/c1-27-12-19-17(10-20(29)28-6-7-33(32)13-28)18-9-15(8-14-2-4-16(25)5-3-14)11-26-22(18)23(30)21(19)24(27)31/h2-5,9,11,30H,6-8,10,12-13H2,1H3. The summed E-state index contributed by atoms with van der Waals surface area (Å²) in [6.45, 7) is 0.727. The molecule has 1 unspecified atom stereocenters. The molecule has 3 aromatic rings. The second-order valence-electron chi connectivity index (χ2n) is 8.49. The molecule has 2 amide bonds. The van der Waals surface area contributed by atoms with Crippen LogP contribution in [0.5, 0.6) is 5.75 Å². The van der Waals surface area contributed by atoms with Gasteiger partial charge >= 0.3 is 0 Å². The number of hydrogen-bond acceptors (Lipinski definition) is 5. The number of aromatic nitrogens is 1. The lowest BCUT2D eigenvalue weighted by atomic mass is 9.92. The Bertz CT molecular complexity index is 1280. The Morgan fingerprint density at radius 3 is 2.73 bits per heavy atom. The molecule has 0 spiro atoms. The smallest absolute Gasteiger partial charge is 0.258 e. The summed E-state index contributed by atoms with van der Waals surface area (Å²) in [5, 5.41) is 11.5. The molecule has 3 heterocycles. The first-order chi connectivity index (χ1) is 15.8. The van der Waals surface area contributed by atoms with E-state index in [-0.39, 0.29) is 53.3 Å². The summed E-state index contributed by atoms with van der Waals surface area (Å²) in [4.78, 5) is 33.3. The van der Waals surface area contributed by atoms with Crippen LogP contribution < -0.4 is 0 Å². The van der Waals surface area contributed by atoms with E-state index in [4.69, 9.17) is 0 Å². The SMILES string of the molecule is CN1Cc2c(c(O)c3ncc(Cc4ccc(F)cc4)cc3c2CC(=O)N2CC[S+]([O-])C2)C1=O. The topological polar surface area (TPSA) is 96.8 Å². The molecular formula is C24H22FN3O4S. The van der Waals surface area contributed by atoms with Crippen molar-refractivity contribution in [2.24, 2.45) is 0 Å². The maximum absolute atomic E-state index is 13.3. The Morgan fingerprint density at radius 2 is 2.03 bits per heavy atom. The molecule has 0 bridgehead atoms. The van der Waals surface area contributed by atoms with E-state index in [1.807, 2.05) is 6.07 Å². The van der Waals surface area contributed by atoms with E-state index in [1.165, 1.54) is 17.0 Å². The van der Waals surface area contributed by atoms with E-state index in [0.29, 0.717) is 35.2 Å². The Kier molecular flexibility index (Phi) is 5.46. The molecule has 2 aliphatic heterocycles. The molecule has 33 heavy (non-hydrogen) atoms. The van der Waals surface area contributed by atoms with Crippen LogP contribution in [-0.4, -0.2) is 61.5 Å². The number of fused-ring (bicyclic) bond motifs is 2. The lowest BCUT2D eigenvalue weighted by Gasteiger charge is -2.17. The number of carbonyl (C=O) groups excluding carboxylic acids is 2. The Balaban J connectivity index is 1.60. The molecule has 0 radical (unpaired) electrons. The molecule has 1 fully saturated rings. The van der Waals surface area contributed by atoms with Gasteiger partial charge in [-0.05, 0) is 58.0 Å². The van der Waals surface area contributed by atoms with Gasteiger partial charge in [0.05, 0.1) is 18.5 Å². The number of rotatable bonds is 4. The van der Waals surface area contributed by atoms with Crippen molar-refractivity contribution in [3.63, 3.8) is 0 Å². The molecule has 1 N–H and O–H groups in total. The molecule has 5 rings (SSSR count). The van der Waals surface area contributed by atoms with Gasteiger partial charge in [0.1, 0.15) is 17.1 Å². The van der Waals surface area contributed by atoms with Crippen LogP contribution in [0.25, 0.3) is 10.9 Å². The molecule has 2 aromatic carbocycles. The van der Waals surface area contributed by atoms with E-state index < -0.39 is 11.2 Å². The molecule has 7 nitrogen and oxygen atoms in total. The number of pyridine rings is 1. The summed E-state index contributed by atoms with van der Waals surface area (Å²) < 4.78 is 25.0. The van der Waals surface area contributed by atoms with Crippen molar-refractivity contribution in [1.29, 1.82) is 0 Å². The minimum absolute atomic E-state index is 0.0269. The van der Waals surface area contributed by atoms with Crippen LogP contribution in [0.2, 0.25) is 0 Å². The van der Waals surface area contributed by atoms with Crippen molar-refractivity contribution in [2.45, 2.75) is 19.4 Å². The zero-order valence-corrected chi connectivity index (χ0v) is 18.8. The van der Waals surface area contributed by atoms with Gasteiger partial charge in [-0.3, -0.25) is 19.5 Å². The van der Waals surface area contributed by atoms with Crippen molar-refractivity contribution in [3.8, 4) is 5.75 Å². The molecule has 1 saturated heterocycles. The van der Waals surface area contributed by atoms with Crippen LogP contribution in [0.1, 0.15) is 32.6 Å². The van der Waals surface area contributed by atoms with E-state index in [9.17, 15) is 23.6 Å². The molecule has 9 heteroatoms. The second kappa shape index (κ2) is 8.31. The maximum atomic E-state index is 13.3. The number of amides is 2. The molecule has 0 aliphatic carbocycles. The van der Waals surface area contributed by atoms with Crippen molar-refractivity contribution in [2.75, 3.05) is 25.2 Å². The van der Waals surface area contributed by atoms with E-state index >= 15 is 0 Å². The molecule has 2 aliphatic rings. The third-order valence-electron chi connectivity index (χ3n) is 6.24. The number of halogens is 1. The number of phenols is 1. The maximum Gasteiger partial charge on any atom is 0.258 e. The van der Waals surface area contributed by atoms with Gasteiger partial charge in [0, 0.05) is 25.2 Å². The highest BCUT2D eigenvalue weighted by molar-refractivity contribution is 7.91. The van der Waals surface area contributed by atoms with Crippen molar-refractivity contribution in [3.05, 3.63) is 70.2 Å². The van der Waals surface area contributed by atoms with Crippen LogP contribution in [0, 0.1) is 5.82 Å². The highest BCUT2D eigenvalue weighted by atomic mass is 32.2. The molecule has 0 saturated carbocycles. The van der Waals surface area contributed by atoms with Gasteiger partial charge in [0.25, 0.3) is 5.91 Å². The predicted molar refractivity (Wildman–Crippen MR) is 122 cm³/mol. The van der Waals surface area contributed by atoms with Gasteiger partial charge in [-0.2, -0.15) is 0 Å². The minimum atomic E-state index is -1.04. The first-order valence-electron chi connectivity index (χ1n) is 10.6.